The van der Waals surface area contributed by atoms with Gasteiger partial charge in [-0.3, -0.25) is 9.59 Å². The van der Waals surface area contributed by atoms with Crippen LogP contribution in [0.3, 0.4) is 0 Å². The number of hydrogen-bond donors (Lipinski definition) is 0. The van der Waals surface area contributed by atoms with Gasteiger partial charge in [0.1, 0.15) is 6.26 Å². The van der Waals surface area contributed by atoms with Crippen molar-refractivity contribution >= 4 is 17.8 Å². The first-order chi connectivity index (χ1) is 12.0. The lowest BCUT2D eigenvalue weighted by atomic mass is 10.2. The first kappa shape index (κ1) is 20.6. The Bertz CT molecular complexity index is 571. The molecule has 1 heterocycles. The van der Waals surface area contributed by atoms with Crippen molar-refractivity contribution in [2.45, 2.75) is 32.7 Å². The monoisotopic (exact) mass is 356 g/mol. The van der Waals surface area contributed by atoms with E-state index in [4.69, 9.17) is 13.9 Å². The molecule has 0 spiro atoms. The molecule has 0 aliphatic heterocycles. The van der Waals surface area contributed by atoms with Crippen LogP contribution in [0, 0.1) is 0 Å². The molecule has 0 atom stereocenters. The Hall–Kier alpha value is -2.42. The molecule has 0 saturated carbocycles. The minimum absolute atomic E-state index is 0.00639. The van der Waals surface area contributed by atoms with Crippen LogP contribution in [0.25, 0.3) is 0 Å². The summed E-state index contributed by atoms with van der Waals surface area (Å²) in [5.74, 6) is -1.06. The summed E-state index contributed by atoms with van der Waals surface area (Å²) in [6.07, 6.45) is 1.83. The van der Waals surface area contributed by atoms with Crippen molar-refractivity contribution in [3.8, 4) is 0 Å². The second-order valence-electron chi connectivity index (χ2n) is 5.08. The number of amides is 1. The Morgan fingerprint density at radius 3 is 2.64 bits per heavy atom. The molecule has 9 nitrogen and oxygen atoms in total. The van der Waals surface area contributed by atoms with Gasteiger partial charge in [-0.15, -0.1) is 0 Å². The van der Waals surface area contributed by atoms with Crippen molar-refractivity contribution in [3.05, 3.63) is 17.8 Å². The van der Waals surface area contributed by atoms with Crippen LogP contribution in [0.4, 0.5) is 0 Å². The normalized spacial score (nSPS) is 10.4. The zero-order valence-corrected chi connectivity index (χ0v) is 14.8. The molecule has 1 rings (SSSR count). The number of aromatic nitrogens is 1. The number of esters is 2. The van der Waals surface area contributed by atoms with E-state index in [0.29, 0.717) is 19.6 Å². The molecular weight excluding hydrogens is 332 g/mol. The van der Waals surface area contributed by atoms with Gasteiger partial charge < -0.3 is 23.5 Å². The van der Waals surface area contributed by atoms with Gasteiger partial charge in [-0.1, -0.05) is 0 Å². The van der Waals surface area contributed by atoms with E-state index in [0.717, 1.165) is 0 Å². The molecule has 0 fully saturated rings. The number of carbonyl (C=O) groups excluding carboxylic acids is 3. The maximum atomic E-state index is 12.4. The molecule has 0 unspecified atom stereocenters. The van der Waals surface area contributed by atoms with Gasteiger partial charge in [0.2, 0.25) is 11.8 Å². The molecule has 1 amide bonds. The third-order valence-electron chi connectivity index (χ3n) is 3.25. The van der Waals surface area contributed by atoms with Gasteiger partial charge in [0.25, 0.3) is 0 Å². The molecule has 0 aliphatic carbocycles. The van der Waals surface area contributed by atoms with E-state index in [1.54, 1.807) is 14.0 Å². The number of ether oxygens (including phenoxy) is 3. The smallest absolute Gasteiger partial charge is 0.360 e. The zero-order chi connectivity index (χ0) is 18.7. The third-order valence-corrected chi connectivity index (χ3v) is 3.25. The Morgan fingerprint density at radius 2 is 2.00 bits per heavy atom. The van der Waals surface area contributed by atoms with Crippen LogP contribution >= 0.6 is 0 Å². The molecule has 0 aromatic carbocycles. The minimum Gasteiger partial charge on any atom is -0.466 e. The molecular formula is C16H24N2O7. The van der Waals surface area contributed by atoms with E-state index in [-0.39, 0.29) is 43.5 Å². The molecule has 0 bridgehead atoms. The van der Waals surface area contributed by atoms with E-state index >= 15 is 0 Å². The highest BCUT2D eigenvalue weighted by molar-refractivity contribution is 5.86. The standard InChI is InChI=1S/C16H24N2O7/c1-4-24-15(20)7-6-14(19)18(8-5-9-22-2)10-13-17-12(11-25-13)16(21)23-3/h11H,4-10H2,1-3H3. The number of nitrogens with zero attached hydrogens (tertiary/aromatic N) is 2. The van der Waals surface area contributed by atoms with E-state index in [1.165, 1.54) is 18.3 Å². The Morgan fingerprint density at radius 1 is 1.24 bits per heavy atom. The number of hydrogen-bond acceptors (Lipinski definition) is 8. The molecule has 0 radical (unpaired) electrons. The van der Waals surface area contributed by atoms with Crippen molar-refractivity contribution in [3.63, 3.8) is 0 Å². The van der Waals surface area contributed by atoms with E-state index in [1.807, 2.05) is 0 Å². The summed E-state index contributed by atoms with van der Waals surface area (Å²) in [6.45, 7) is 2.96. The fourth-order valence-corrected chi connectivity index (χ4v) is 2.04. The van der Waals surface area contributed by atoms with Gasteiger partial charge >= 0.3 is 11.9 Å². The zero-order valence-electron chi connectivity index (χ0n) is 14.8. The summed E-state index contributed by atoms with van der Waals surface area (Å²) in [4.78, 5) is 40.7. The van der Waals surface area contributed by atoms with Crippen molar-refractivity contribution < 1.29 is 33.0 Å². The van der Waals surface area contributed by atoms with Gasteiger partial charge in [-0.2, -0.15) is 0 Å². The van der Waals surface area contributed by atoms with Crippen LogP contribution in [0.5, 0.6) is 0 Å². The molecule has 9 heteroatoms. The van der Waals surface area contributed by atoms with Crippen LogP contribution in [0.1, 0.15) is 42.6 Å². The maximum Gasteiger partial charge on any atom is 0.360 e. The predicted octanol–water partition coefficient (Wildman–Crippen LogP) is 1.17. The number of methoxy groups -OCH3 is 2. The Labute approximate surface area is 146 Å². The Kier molecular flexibility index (Phi) is 9.23. The van der Waals surface area contributed by atoms with Crippen LogP contribution in [0.15, 0.2) is 10.7 Å². The largest absolute Gasteiger partial charge is 0.466 e. The number of oxazole rings is 1. The second-order valence-corrected chi connectivity index (χ2v) is 5.08. The van der Waals surface area contributed by atoms with Gasteiger partial charge in [-0.05, 0) is 13.3 Å². The Balaban J connectivity index is 2.68. The molecule has 1 aromatic rings. The lowest BCUT2D eigenvalue weighted by Crippen LogP contribution is -2.32. The van der Waals surface area contributed by atoms with Gasteiger partial charge in [-0.25, -0.2) is 9.78 Å². The summed E-state index contributed by atoms with van der Waals surface area (Å²) < 4.78 is 19.6. The topological polar surface area (TPSA) is 108 Å². The number of rotatable bonds is 11. The molecule has 0 saturated heterocycles. The molecule has 0 N–H and O–H groups in total. The fraction of sp³-hybridized carbons (Fsp3) is 0.625. The summed E-state index contributed by atoms with van der Waals surface area (Å²) in [6, 6.07) is 0. The lowest BCUT2D eigenvalue weighted by molar-refractivity contribution is -0.145. The average molecular weight is 356 g/mol. The van der Waals surface area contributed by atoms with Gasteiger partial charge in [0.15, 0.2) is 5.69 Å². The molecule has 0 aliphatic rings. The number of carbonyl (C=O) groups is 3. The minimum atomic E-state index is -0.616. The fourth-order valence-electron chi connectivity index (χ4n) is 2.04. The maximum absolute atomic E-state index is 12.4. The van der Waals surface area contributed by atoms with Gasteiger partial charge in [0, 0.05) is 26.7 Å². The van der Waals surface area contributed by atoms with E-state index < -0.39 is 11.9 Å². The van der Waals surface area contributed by atoms with Crippen molar-refractivity contribution in [1.29, 1.82) is 0 Å². The predicted molar refractivity (Wildman–Crippen MR) is 85.6 cm³/mol. The molecule has 1 aromatic heterocycles. The highest BCUT2D eigenvalue weighted by Crippen LogP contribution is 2.10. The van der Waals surface area contributed by atoms with Crippen molar-refractivity contribution in [1.82, 2.24) is 9.88 Å². The summed E-state index contributed by atoms with van der Waals surface area (Å²) >= 11 is 0. The van der Waals surface area contributed by atoms with Crippen LogP contribution < -0.4 is 0 Å². The van der Waals surface area contributed by atoms with Crippen molar-refractivity contribution in [2.75, 3.05) is 34.0 Å². The van der Waals surface area contributed by atoms with E-state index in [2.05, 4.69) is 9.72 Å². The summed E-state index contributed by atoms with van der Waals surface area (Å²) in [5, 5.41) is 0. The molecule has 25 heavy (non-hydrogen) atoms. The third kappa shape index (κ3) is 7.34. The lowest BCUT2D eigenvalue weighted by Gasteiger charge is -2.21. The average Bonchev–Trinajstić information content (AvgIpc) is 3.07. The van der Waals surface area contributed by atoms with Crippen LogP contribution in [-0.4, -0.2) is 61.7 Å². The second kappa shape index (κ2) is 11.2. The van der Waals surface area contributed by atoms with E-state index in [9.17, 15) is 14.4 Å². The van der Waals surface area contributed by atoms with Gasteiger partial charge in [0.05, 0.1) is 26.7 Å². The quantitative estimate of drug-likeness (QED) is 0.429. The first-order valence-corrected chi connectivity index (χ1v) is 7.96. The SMILES string of the molecule is CCOC(=O)CCC(=O)N(CCCOC)Cc1nc(C(=O)OC)co1. The first-order valence-electron chi connectivity index (χ1n) is 7.96. The van der Waals surface area contributed by atoms with Crippen LogP contribution in [0.2, 0.25) is 0 Å². The summed E-state index contributed by atoms with van der Waals surface area (Å²) in [7, 11) is 2.82. The molecule has 140 valence electrons. The highest BCUT2D eigenvalue weighted by atomic mass is 16.5. The highest BCUT2D eigenvalue weighted by Gasteiger charge is 2.19. The summed E-state index contributed by atoms with van der Waals surface area (Å²) in [5.41, 5.74) is 0.0355. The van der Waals surface area contributed by atoms with Crippen LogP contribution in [-0.2, 0) is 30.3 Å². The van der Waals surface area contributed by atoms with Crippen molar-refractivity contribution in [2.24, 2.45) is 0 Å².